The molecule has 0 aromatic heterocycles. The van der Waals surface area contributed by atoms with Gasteiger partial charge in [0, 0.05) is 18.5 Å². The average Bonchev–Trinajstić information content (AvgIpc) is 2.72. The molecule has 0 aliphatic rings. The lowest BCUT2D eigenvalue weighted by Crippen LogP contribution is -2.24. The van der Waals surface area contributed by atoms with Crippen molar-refractivity contribution < 1.29 is 8.42 Å². The molecule has 0 atom stereocenters. The summed E-state index contributed by atoms with van der Waals surface area (Å²) in [5.41, 5.74) is 3.69. The molecule has 0 saturated carbocycles. The van der Waals surface area contributed by atoms with Crippen molar-refractivity contribution in [3.8, 4) is 0 Å². The summed E-state index contributed by atoms with van der Waals surface area (Å²) in [5.74, 6) is -0.221. The molecule has 0 aliphatic carbocycles. The van der Waals surface area contributed by atoms with Crippen LogP contribution in [0.15, 0.2) is 96.2 Å². The van der Waals surface area contributed by atoms with E-state index in [0.717, 1.165) is 32.8 Å². The first-order chi connectivity index (χ1) is 13.4. The highest BCUT2D eigenvalue weighted by atomic mass is 35.5. The molecule has 0 bridgehead atoms. The maximum Gasteiger partial charge on any atom is 0.232 e. The third kappa shape index (κ3) is 4.46. The molecule has 0 amide bonds. The van der Waals surface area contributed by atoms with Gasteiger partial charge in [0.15, 0.2) is 0 Å². The Labute approximate surface area is 172 Å². The summed E-state index contributed by atoms with van der Waals surface area (Å²) in [6, 6.07) is 29.6. The van der Waals surface area contributed by atoms with Crippen molar-refractivity contribution in [3.05, 3.63) is 113 Å². The van der Waals surface area contributed by atoms with Gasteiger partial charge in [-0.15, -0.1) is 0 Å². The lowest BCUT2D eigenvalue weighted by atomic mass is 9.82. The molecule has 3 aromatic carbocycles. The fraction of sp³-hybridized carbons (Fsp3) is 0.130. The minimum absolute atomic E-state index is 0.186. The Balaban J connectivity index is 2.33. The van der Waals surface area contributed by atoms with Crippen LogP contribution in [-0.4, -0.2) is 26.0 Å². The highest BCUT2D eigenvalue weighted by Gasteiger charge is 2.27. The van der Waals surface area contributed by atoms with E-state index in [0.29, 0.717) is 0 Å². The molecule has 3 aromatic rings. The molecule has 0 radical (unpaired) electrons. The van der Waals surface area contributed by atoms with Crippen LogP contribution >= 0.6 is 11.6 Å². The van der Waals surface area contributed by atoms with E-state index in [1.807, 2.05) is 91.0 Å². The number of sulfonamides is 1. The van der Waals surface area contributed by atoms with Crippen LogP contribution in [0.2, 0.25) is 0 Å². The van der Waals surface area contributed by atoms with E-state index in [1.165, 1.54) is 7.05 Å². The number of rotatable bonds is 6. The van der Waals surface area contributed by atoms with E-state index < -0.39 is 10.0 Å². The zero-order valence-electron chi connectivity index (χ0n) is 15.8. The van der Waals surface area contributed by atoms with Gasteiger partial charge in [-0.2, -0.15) is 0 Å². The maximum absolute atomic E-state index is 12.2. The smallest absolute Gasteiger partial charge is 0.232 e. The fourth-order valence-electron chi connectivity index (χ4n) is 3.15. The van der Waals surface area contributed by atoms with Crippen LogP contribution in [0.1, 0.15) is 22.6 Å². The zero-order valence-corrected chi connectivity index (χ0v) is 17.4. The van der Waals surface area contributed by atoms with E-state index in [1.54, 1.807) is 0 Å². The summed E-state index contributed by atoms with van der Waals surface area (Å²) in [6.07, 6.45) is 1.15. The van der Waals surface area contributed by atoms with Crippen molar-refractivity contribution in [1.82, 2.24) is 4.31 Å². The van der Waals surface area contributed by atoms with Crippen LogP contribution in [0.25, 0.3) is 5.57 Å². The summed E-state index contributed by atoms with van der Waals surface area (Å²) in [4.78, 5) is 0. The summed E-state index contributed by atoms with van der Waals surface area (Å²) >= 11 is 6.74. The van der Waals surface area contributed by atoms with Crippen molar-refractivity contribution in [2.75, 3.05) is 13.3 Å². The van der Waals surface area contributed by atoms with Gasteiger partial charge in [-0.25, -0.2) is 8.42 Å². The van der Waals surface area contributed by atoms with Gasteiger partial charge in [-0.05, 0) is 16.7 Å². The van der Waals surface area contributed by atoms with E-state index in [4.69, 9.17) is 11.6 Å². The zero-order chi connectivity index (χ0) is 20.1. The van der Waals surface area contributed by atoms with Gasteiger partial charge in [-0.1, -0.05) is 103 Å². The highest BCUT2D eigenvalue weighted by molar-refractivity contribution is 7.88. The molecule has 0 fully saturated rings. The Kier molecular flexibility index (Phi) is 6.22. The molecule has 0 heterocycles. The second kappa shape index (κ2) is 8.63. The van der Waals surface area contributed by atoms with E-state index in [-0.39, 0.29) is 11.1 Å². The Morgan fingerprint density at radius 2 is 1.18 bits per heavy atom. The Hall–Kier alpha value is -2.56. The van der Waals surface area contributed by atoms with E-state index in [2.05, 4.69) is 0 Å². The van der Waals surface area contributed by atoms with Crippen molar-refractivity contribution in [1.29, 1.82) is 0 Å². The van der Waals surface area contributed by atoms with E-state index >= 15 is 0 Å². The largest absolute Gasteiger partial charge is 0.263 e. The molecule has 5 heteroatoms. The second-order valence-electron chi connectivity index (χ2n) is 6.56. The Bertz CT molecular complexity index is 1010. The van der Waals surface area contributed by atoms with Crippen molar-refractivity contribution in [2.24, 2.45) is 0 Å². The predicted octanol–water partition coefficient (Wildman–Crippen LogP) is 5.32. The van der Waals surface area contributed by atoms with Gasteiger partial charge in [0.2, 0.25) is 10.0 Å². The number of hydrogen-bond donors (Lipinski definition) is 0. The Morgan fingerprint density at radius 3 is 1.57 bits per heavy atom. The molecular formula is C23H22ClNO2S. The first-order valence-electron chi connectivity index (χ1n) is 8.88. The number of benzene rings is 3. The third-order valence-corrected chi connectivity index (χ3v) is 6.37. The third-order valence-electron chi connectivity index (χ3n) is 4.64. The molecule has 28 heavy (non-hydrogen) atoms. The second-order valence-corrected chi connectivity index (χ2v) is 8.93. The SMILES string of the molecule is CN(/C(Cl)=C(\c1ccccc1)C(c1ccccc1)c1ccccc1)S(C)(=O)=O. The normalized spacial score (nSPS) is 12.6. The maximum atomic E-state index is 12.2. The minimum Gasteiger partial charge on any atom is -0.263 e. The van der Waals surface area contributed by atoms with Gasteiger partial charge >= 0.3 is 0 Å². The van der Waals surface area contributed by atoms with Crippen molar-refractivity contribution >= 4 is 27.2 Å². The first-order valence-corrected chi connectivity index (χ1v) is 11.1. The van der Waals surface area contributed by atoms with Crippen LogP contribution in [0.4, 0.5) is 0 Å². The molecule has 0 N–H and O–H groups in total. The monoisotopic (exact) mass is 411 g/mol. The molecule has 0 unspecified atom stereocenters. The van der Waals surface area contributed by atoms with Gasteiger partial charge in [0.25, 0.3) is 0 Å². The van der Waals surface area contributed by atoms with Crippen molar-refractivity contribution in [3.63, 3.8) is 0 Å². The topological polar surface area (TPSA) is 37.4 Å². The van der Waals surface area contributed by atoms with Crippen LogP contribution in [0, 0.1) is 0 Å². The fourth-order valence-corrected chi connectivity index (χ4v) is 4.14. The summed E-state index contributed by atoms with van der Waals surface area (Å²) < 4.78 is 25.6. The molecule has 0 aliphatic heterocycles. The highest BCUT2D eigenvalue weighted by Crippen LogP contribution is 2.41. The first kappa shape index (κ1) is 20.2. The number of halogens is 1. The minimum atomic E-state index is -3.51. The summed E-state index contributed by atoms with van der Waals surface area (Å²) in [5, 5.41) is 0.186. The van der Waals surface area contributed by atoms with Crippen molar-refractivity contribution in [2.45, 2.75) is 5.92 Å². The standard InChI is InChI=1S/C23H22ClNO2S/c1-25(28(2,26)27)23(24)22(20-16-10-5-11-17-20)21(18-12-6-3-7-13-18)19-14-8-4-9-15-19/h3-17,21H,1-2H3/b23-22+. The summed E-state index contributed by atoms with van der Waals surface area (Å²) in [6.45, 7) is 0. The molecule has 144 valence electrons. The molecule has 3 nitrogen and oxygen atoms in total. The average molecular weight is 412 g/mol. The lowest BCUT2D eigenvalue weighted by Gasteiger charge is -2.27. The lowest BCUT2D eigenvalue weighted by molar-refractivity contribution is 0.541. The quantitative estimate of drug-likeness (QED) is 0.515. The molecular weight excluding hydrogens is 390 g/mol. The number of allylic oxidation sites excluding steroid dienone is 1. The van der Waals surface area contributed by atoms with Gasteiger partial charge in [0.05, 0.1) is 6.26 Å². The number of hydrogen-bond acceptors (Lipinski definition) is 2. The summed E-state index contributed by atoms with van der Waals surface area (Å²) in [7, 11) is -2.03. The van der Waals surface area contributed by atoms with Gasteiger partial charge < -0.3 is 0 Å². The van der Waals surface area contributed by atoms with Gasteiger partial charge in [0.1, 0.15) is 5.16 Å². The Morgan fingerprint density at radius 1 is 0.786 bits per heavy atom. The van der Waals surface area contributed by atoms with Crippen LogP contribution < -0.4 is 0 Å². The van der Waals surface area contributed by atoms with E-state index in [9.17, 15) is 8.42 Å². The molecule has 0 spiro atoms. The van der Waals surface area contributed by atoms with Gasteiger partial charge in [-0.3, -0.25) is 4.31 Å². The van der Waals surface area contributed by atoms with Crippen LogP contribution in [0.5, 0.6) is 0 Å². The number of nitrogens with zero attached hydrogens (tertiary/aromatic N) is 1. The molecule has 0 saturated heterocycles. The van der Waals surface area contributed by atoms with Crippen LogP contribution in [0.3, 0.4) is 0 Å². The van der Waals surface area contributed by atoms with Crippen LogP contribution in [-0.2, 0) is 10.0 Å². The molecule has 3 rings (SSSR count). The predicted molar refractivity (Wildman–Crippen MR) is 117 cm³/mol.